The second-order valence-electron chi connectivity index (χ2n) is 3.94. The van der Waals surface area contributed by atoms with E-state index in [0.717, 1.165) is 10.9 Å². The van der Waals surface area contributed by atoms with E-state index in [-0.39, 0.29) is 6.04 Å². The first-order chi connectivity index (χ1) is 8.08. The van der Waals surface area contributed by atoms with E-state index in [1.54, 1.807) is 22.0 Å². The first-order valence-corrected chi connectivity index (χ1v) is 6.93. The van der Waals surface area contributed by atoms with Crippen LogP contribution in [0.4, 0.5) is 0 Å². The van der Waals surface area contributed by atoms with Crippen LogP contribution >= 0.6 is 27.3 Å². The molecule has 0 saturated carbocycles. The molecule has 0 bridgehead atoms. The minimum Gasteiger partial charge on any atom is -0.477 e. The fraction of sp³-hybridized carbons (Fsp3) is 0.250. The van der Waals surface area contributed by atoms with Crippen LogP contribution in [0.1, 0.15) is 29.0 Å². The zero-order valence-corrected chi connectivity index (χ0v) is 11.7. The van der Waals surface area contributed by atoms with Crippen molar-refractivity contribution in [3.8, 4) is 0 Å². The zero-order chi connectivity index (χ0) is 12.4. The van der Waals surface area contributed by atoms with Gasteiger partial charge in [-0.05, 0) is 57.7 Å². The topological polar surface area (TPSA) is 42.2 Å². The van der Waals surface area contributed by atoms with E-state index in [4.69, 9.17) is 5.11 Å². The number of carbonyl (C=O) groups is 1. The molecule has 90 valence electrons. The molecule has 0 aromatic carbocycles. The Hall–Kier alpha value is -1.07. The predicted molar refractivity (Wildman–Crippen MR) is 71.8 cm³/mol. The van der Waals surface area contributed by atoms with Gasteiger partial charge in [-0.25, -0.2) is 4.79 Å². The number of carboxylic acid groups (broad SMARTS) is 1. The predicted octanol–water partition coefficient (Wildman–Crippen LogP) is 3.81. The van der Waals surface area contributed by atoms with E-state index in [0.29, 0.717) is 5.69 Å². The Labute approximate surface area is 112 Å². The summed E-state index contributed by atoms with van der Waals surface area (Å²) >= 11 is 4.97. The van der Waals surface area contributed by atoms with Crippen LogP contribution in [-0.4, -0.2) is 15.6 Å². The van der Waals surface area contributed by atoms with Gasteiger partial charge in [0.15, 0.2) is 0 Å². The van der Waals surface area contributed by atoms with Crippen molar-refractivity contribution >= 4 is 33.2 Å². The van der Waals surface area contributed by atoms with Crippen LogP contribution in [0, 0.1) is 0 Å². The summed E-state index contributed by atoms with van der Waals surface area (Å²) in [5, 5.41) is 13.2. The van der Waals surface area contributed by atoms with Crippen LogP contribution < -0.4 is 0 Å². The van der Waals surface area contributed by atoms with Crippen molar-refractivity contribution in [2.45, 2.75) is 19.4 Å². The van der Waals surface area contributed by atoms with E-state index in [1.807, 2.05) is 18.5 Å². The largest absolute Gasteiger partial charge is 0.477 e. The molecule has 2 aromatic heterocycles. The summed E-state index contributed by atoms with van der Waals surface area (Å²) in [5.74, 6) is -0.895. The van der Waals surface area contributed by atoms with Crippen molar-refractivity contribution in [2.24, 2.45) is 0 Å². The van der Waals surface area contributed by atoms with Gasteiger partial charge < -0.3 is 9.67 Å². The summed E-state index contributed by atoms with van der Waals surface area (Å²) in [6, 6.07) is 3.83. The Kier molecular flexibility index (Phi) is 3.69. The molecule has 2 heterocycles. The molecular formula is C12H12BrNO2S. The Morgan fingerprint density at radius 1 is 1.65 bits per heavy atom. The van der Waals surface area contributed by atoms with E-state index < -0.39 is 5.97 Å². The lowest BCUT2D eigenvalue weighted by Crippen LogP contribution is -2.13. The van der Waals surface area contributed by atoms with Gasteiger partial charge in [-0.15, -0.1) is 0 Å². The first-order valence-electron chi connectivity index (χ1n) is 5.19. The maximum atomic E-state index is 11.1. The average molecular weight is 314 g/mol. The fourth-order valence-electron chi connectivity index (χ4n) is 1.83. The summed E-state index contributed by atoms with van der Waals surface area (Å²) in [6.45, 7) is 2.02. The van der Waals surface area contributed by atoms with Gasteiger partial charge in [0.2, 0.25) is 0 Å². The molecule has 0 aliphatic heterocycles. The molecule has 0 radical (unpaired) electrons. The molecule has 0 fully saturated rings. The molecule has 1 unspecified atom stereocenters. The minimum atomic E-state index is -0.895. The molecule has 0 saturated heterocycles. The van der Waals surface area contributed by atoms with Crippen LogP contribution in [0.15, 0.2) is 33.6 Å². The molecule has 1 atom stereocenters. The van der Waals surface area contributed by atoms with Gasteiger partial charge in [-0.2, -0.15) is 11.3 Å². The van der Waals surface area contributed by atoms with Crippen LogP contribution in [-0.2, 0) is 6.42 Å². The molecule has 17 heavy (non-hydrogen) atoms. The van der Waals surface area contributed by atoms with E-state index in [1.165, 1.54) is 5.56 Å². The van der Waals surface area contributed by atoms with Gasteiger partial charge in [-0.1, -0.05) is 0 Å². The number of hydrogen-bond donors (Lipinski definition) is 1. The summed E-state index contributed by atoms with van der Waals surface area (Å²) in [7, 11) is 0. The van der Waals surface area contributed by atoms with Crippen LogP contribution in [0.3, 0.4) is 0 Å². The maximum absolute atomic E-state index is 11.1. The van der Waals surface area contributed by atoms with E-state index >= 15 is 0 Å². The normalized spacial score (nSPS) is 12.6. The third kappa shape index (κ3) is 2.79. The summed E-state index contributed by atoms with van der Waals surface area (Å²) in [4.78, 5) is 11.1. The highest BCUT2D eigenvalue weighted by Gasteiger charge is 2.16. The smallest absolute Gasteiger partial charge is 0.352 e. The molecule has 0 aliphatic carbocycles. The highest BCUT2D eigenvalue weighted by molar-refractivity contribution is 9.10. The molecule has 3 nitrogen and oxygen atoms in total. The number of rotatable bonds is 4. The van der Waals surface area contributed by atoms with Crippen molar-refractivity contribution in [1.82, 2.24) is 4.57 Å². The van der Waals surface area contributed by atoms with E-state index in [9.17, 15) is 4.79 Å². The quantitative estimate of drug-likeness (QED) is 0.932. The third-order valence-corrected chi connectivity index (χ3v) is 3.79. The number of aromatic nitrogens is 1. The first kappa shape index (κ1) is 12.4. The Balaban J connectivity index is 2.24. The average Bonchev–Trinajstić information content (AvgIpc) is 2.86. The standard InChI is InChI=1S/C12H12BrNO2S/c1-8(4-9-2-3-17-7-9)14-6-10(13)5-11(14)12(15)16/h2-3,5-8H,4H2,1H3,(H,15,16). The Bertz CT molecular complexity index is 519. The summed E-state index contributed by atoms with van der Waals surface area (Å²) in [5.41, 5.74) is 1.56. The second kappa shape index (κ2) is 5.06. The molecular weight excluding hydrogens is 302 g/mol. The lowest BCUT2D eigenvalue weighted by Gasteiger charge is -2.15. The van der Waals surface area contributed by atoms with Crippen LogP contribution in [0.2, 0.25) is 0 Å². The number of nitrogens with zero attached hydrogens (tertiary/aromatic N) is 1. The van der Waals surface area contributed by atoms with Gasteiger partial charge in [0.1, 0.15) is 5.69 Å². The lowest BCUT2D eigenvalue weighted by molar-refractivity contribution is 0.0683. The van der Waals surface area contributed by atoms with Crippen molar-refractivity contribution in [1.29, 1.82) is 0 Å². The van der Waals surface area contributed by atoms with Gasteiger partial charge in [0.05, 0.1) is 0 Å². The van der Waals surface area contributed by atoms with Gasteiger partial charge in [0, 0.05) is 16.7 Å². The van der Waals surface area contributed by atoms with Crippen LogP contribution in [0.5, 0.6) is 0 Å². The number of aromatic carboxylic acids is 1. The molecule has 2 rings (SSSR count). The van der Waals surface area contributed by atoms with Gasteiger partial charge in [0.25, 0.3) is 0 Å². The molecule has 0 aliphatic rings. The van der Waals surface area contributed by atoms with Crippen molar-refractivity contribution in [3.05, 3.63) is 44.8 Å². The number of halogens is 1. The van der Waals surface area contributed by atoms with Crippen molar-refractivity contribution in [3.63, 3.8) is 0 Å². The Morgan fingerprint density at radius 2 is 2.41 bits per heavy atom. The molecule has 5 heteroatoms. The minimum absolute atomic E-state index is 0.127. The van der Waals surface area contributed by atoms with Gasteiger partial charge in [-0.3, -0.25) is 0 Å². The third-order valence-electron chi connectivity index (χ3n) is 2.62. The maximum Gasteiger partial charge on any atom is 0.352 e. The number of hydrogen-bond acceptors (Lipinski definition) is 2. The lowest BCUT2D eigenvalue weighted by atomic mass is 10.1. The van der Waals surface area contributed by atoms with E-state index in [2.05, 4.69) is 27.4 Å². The highest BCUT2D eigenvalue weighted by Crippen LogP contribution is 2.23. The van der Waals surface area contributed by atoms with Crippen molar-refractivity contribution < 1.29 is 9.90 Å². The van der Waals surface area contributed by atoms with Crippen molar-refractivity contribution in [2.75, 3.05) is 0 Å². The SMILES string of the molecule is CC(Cc1ccsc1)n1cc(Br)cc1C(=O)O. The summed E-state index contributed by atoms with van der Waals surface area (Å²) in [6.07, 6.45) is 2.66. The monoisotopic (exact) mass is 313 g/mol. The number of thiophene rings is 1. The molecule has 2 aromatic rings. The second-order valence-corrected chi connectivity index (χ2v) is 5.64. The van der Waals surface area contributed by atoms with Gasteiger partial charge >= 0.3 is 5.97 Å². The number of carboxylic acids is 1. The zero-order valence-electron chi connectivity index (χ0n) is 9.26. The summed E-state index contributed by atoms with van der Waals surface area (Å²) < 4.78 is 2.59. The molecule has 1 N–H and O–H groups in total. The Morgan fingerprint density at radius 3 is 3.00 bits per heavy atom. The van der Waals surface area contributed by atoms with Crippen LogP contribution in [0.25, 0.3) is 0 Å². The molecule has 0 amide bonds. The highest BCUT2D eigenvalue weighted by atomic mass is 79.9. The fourth-order valence-corrected chi connectivity index (χ4v) is 2.95. The molecule has 0 spiro atoms.